The van der Waals surface area contributed by atoms with E-state index >= 15 is 0 Å². The van der Waals surface area contributed by atoms with Gasteiger partial charge in [0, 0.05) is 23.2 Å². The molecule has 150 valence electrons. The number of carbonyl (C=O) groups is 1. The molecule has 1 saturated heterocycles. The Labute approximate surface area is 173 Å². The number of piperidine rings is 1. The van der Waals surface area contributed by atoms with Crippen LogP contribution < -0.4 is 5.32 Å². The van der Waals surface area contributed by atoms with E-state index in [0.717, 1.165) is 10.0 Å². The van der Waals surface area contributed by atoms with Gasteiger partial charge in [0.2, 0.25) is 15.9 Å². The van der Waals surface area contributed by atoms with E-state index < -0.39 is 21.8 Å². The number of aryl methyl sites for hydroxylation is 1. The quantitative estimate of drug-likeness (QED) is 0.718. The van der Waals surface area contributed by atoms with Crippen LogP contribution in [0.2, 0.25) is 0 Å². The number of amides is 1. The van der Waals surface area contributed by atoms with Crippen LogP contribution in [-0.2, 0) is 20.6 Å². The lowest BCUT2D eigenvalue weighted by molar-refractivity contribution is -0.120. The average molecular weight is 469 g/mol. The molecule has 1 amide bonds. The molecule has 1 aliphatic heterocycles. The van der Waals surface area contributed by atoms with Crippen molar-refractivity contribution in [2.45, 2.75) is 25.5 Å². The zero-order valence-electron chi connectivity index (χ0n) is 15.5. The van der Waals surface area contributed by atoms with Gasteiger partial charge >= 0.3 is 0 Å². The Morgan fingerprint density at radius 1 is 1.25 bits per heavy atom. The maximum atomic E-state index is 13.0. The summed E-state index contributed by atoms with van der Waals surface area (Å²) in [5, 5.41) is 2.88. The van der Waals surface area contributed by atoms with Gasteiger partial charge in [-0.15, -0.1) is 0 Å². The molecule has 0 aromatic heterocycles. The Morgan fingerprint density at radius 2 is 1.96 bits per heavy atom. The fourth-order valence-corrected chi connectivity index (χ4v) is 5.12. The monoisotopic (exact) mass is 468 g/mol. The highest BCUT2D eigenvalue weighted by molar-refractivity contribution is 9.10. The van der Waals surface area contributed by atoms with Crippen molar-refractivity contribution in [3.8, 4) is 0 Å². The van der Waals surface area contributed by atoms with E-state index in [4.69, 9.17) is 0 Å². The van der Waals surface area contributed by atoms with Gasteiger partial charge in [0.25, 0.3) is 0 Å². The summed E-state index contributed by atoms with van der Waals surface area (Å²) in [7, 11) is -3.58. The molecule has 1 aliphatic rings. The van der Waals surface area contributed by atoms with Crippen molar-refractivity contribution in [3.05, 3.63) is 63.9 Å². The number of halogens is 2. The molecule has 3 rings (SSSR count). The van der Waals surface area contributed by atoms with Gasteiger partial charge in [0.05, 0.1) is 11.7 Å². The van der Waals surface area contributed by atoms with Gasteiger partial charge in [-0.05, 0) is 61.2 Å². The minimum atomic E-state index is -3.58. The third-order valence-electron chi connectivity index (χ3n) is 4.84. The third-order valence-corrected chi connectivity index (χ3v) is 7.54. The minimum absolute atomic E-state index is 0.158. The second-order valence-corrected chi connectivity index (χ2v) is 9.86. The highest BCUT2D eigenvalue weighted by atomic mass is 79.9. The number of carbonyl (C=O) groups excluding carboxylic acids is 1. The van der Waals surface area contributed by atoms with Crippen LogP contribution >= 0.6 is 15.9 Å². The van der Waals surface area contributed by atoms with E-state index in [2.05, 4.69) is 21.2 Å². The molecule has 2 aromatic carbocycles. The predicted molar refractivity (Wildman–Crippen MR) is 111 cm³/mol. The van der Waals surface area contributed by atoms with E-state index in [9.17, 15) is 17.6 Å². The second kappa shape index (κ2) is 8.71. The number of sulfonamides is 1. The van der Waals surface area contributed by atoms with Crippen molar-refractivity contribution in [2.75, 3.05) is 18.4 Å². The number of benzene rings is 2. The zero-order chi connectivity index (χ0) is 20.3. The van der Waals surface area contributed by atoms with Gasteiger partial charge in [0.1, 0.15) is 5.82 Å². The summed E-state index contributed by atoms with van der Waals surface area (Å²) in [5.74, 6) is -1.18. The molecule has 0 bridgehead atoms. The molecule has 1 N–H and O–H groups in total. The Bertz CT molecular complexity index is 964. The molecule has 1 atom stereocenters. The number of anilines is 1. The first-order valence-corrected chi connectivity index (χ1v) is 11.4. The molecule has 0 saturated carbocycles. The van der Waals surface area contributed by atoms with Crippen molar-refractivity contribution < 1.29 is 17.6 Å². The first-order chi connectivity index (χ1) is 13.2. The van der Waals surface area contributed by atoms with Gasteiger partial charge in [-0.1, -0.05) is 28.1 Å². The maximum absolute atomic E-state index is 13.0. The van der Waals surface area contributed by atoms with Crippen LogP contribution in [0.5, 0.6) is 0 Å². The first kappa shape index (κ1) is 21.0. The van der Waals surface area contributed by atoms with Crippen LogP contribution in [0.1, 0.15) is 24.0 Å². The standard InChI is InChI=1S/C20H22BrFN2O3S/c1-14-11-18(8-9-19(14)21)23-20(25)16-3-2-10-24(12-16)28(26,27)13-15-4-6-17(22)7-5-15/h4-9,11,16H,2-3,10,12-13H2,1H3,(H,23,25)/t16-/m0/s1. The van der Waals surface area contributed by atoms with E-state index in [1.807, 2.05) is 19.1 Å². The van der Waals surface area contributed by atoms with Crippen molar-refractivity contribution >= 4 is 37.5 Å². The lowest BCUT2D eigenvalue weighted by Crippen LogP contribution is -2.44. The Morgan fingerprint density at radius 3 is 2.64 bits per heavy atom. The molecule has 0 radical (unpaired) electrons. The maximum Gasteiger partial charge on any atom is 0.228 e. The van der Waals surface area contributed by atoms with Crippen LogP contribution in [0.25, 0.3) is 0 Å². The first-order valence-electron chi connectivity index (χ1n) is 9.04. The van der Waals surface area contributed by atoms with E-state index in [1.54, 1.807) is 6.07 Å². The molecule has 28 heavy (non-hydrogen) atoms. The largest absolute Gasteiger partial charge is 0.326 e. The summed E-state index contributed by atoms with van der Waals surface area (Å²) in [6.07, 6.45) is 1.27. The Hall–Kier alpha value is -1.77. The fraction of sp³-hybridized carbons (Fsp3) is 0.350. The Balaban J connectivity index is 1.66. The molecule has 0 unspecified atom stereocenters. The second-order valence-electron chi connectivity index (χ2n) is 7.03. The van der Waals surface area contributed by atoms with Gasteiger partial charge in [-0.3, -0.25) is 4.79 Å². The van der Waals surface area contributed by atoms with Crippen molar-refractivity contribution in [1.29, 1.82) is 0 Å². The molecule has 2 aromatic rings. The van der Waals surface area contributed by atoms with Gasteiger partial charge < -0.3 is 5.32 Å². The van der Waals surface area contributed by atoms with Gasteiger partial charge in [-0.25, -0.2) is 17.1 Å². The smallest absolute Gasteiger partial charge is 0.228 e. The van der Waals surface area contributed by atoms with E-state index in [1.165, 1.54) is 28.6 Å². The normalized spacial score (nSPS) is 18.0. The summed E-state index contributed by atoms with van der Waals surface area (Å²) in [5.41, 5.74) is 2.22. The zero-order valence-corrected chi connectivity index (χ0v) is 17.9. The molecule has 1 fully saturated rings. The molecule has 0 aliphatic carbocycles. The lowest BCUT2D eigenvalue weighted by atomic mass is 9.98. The fourth-order valence-electron chi connectivity index (χ4n) is 3.26. The lowest BCUT2D eigenvalue weighted by Gasteiger charge is -2.31. The number of nitrogens with one attached hydrogen (secondary N) is 1. The molecule has 1 heterocycles. The Kier molecular flexibility index (Phi) is 6.52. The van der Waals surface area contributed by atoms with Crippen molar-refractivity contribution in [1.82, 2.24) is 4.31 Å². The molecular weight excluding hydrogens is 447 g/mol. The van der Waals surface area contributed by atoms with Crippen LogP contribution in [0.3, 0.4) is 0 Å². The molecule has 8 heteroatoms. The van der Waals surface area contributed by atoms with Gasteiger partial charge in [0.15, 0.2) is 0 Å². The highest BCUT2D eigenvalue weighted by Gasteiger charge is 2.32. The van der Waals surface area contributed by atoms with Gasteiger partial charge in [-0.2, -0.15) is 0 Å². The molecule has 5 nitrogen and oxygen atoms in total. The molecule has 0 spiro atoms. The third kappa shape index (κ3) is 5.18. The summed E-state index contributed by atoms with van der Waals surface area (Å²) in [6.45, 7) is 2.49. The molecular formula is C20H22BrFN2O3S. The summed E-state index contributed by atoms with van der Waals surface area (Å²) < 4.78 is 40.9. The average Bonchev–Trinajstić information content (AvgIpc) is 2.66. The van der Waals surface area contributed by atoms with E-state index in [-0.39, 0.29) is 18.2 Å². The number of rotatable bonds is 5. The van der Waals surface area contributed by atoms with Crippen LogP contribution in [0.4, 0.5) is 10.1 Å². The topological polar surface area (TPSA) is 66.5 Å². The summed E-state index contributed by atoms with van der Waals surface area (Å²) >= 11 is 3.43. The summed E-state index contributed by atoms with van der Waals surface area (Å²) in [6, 6.07) is 11.0. The van der Waals surface area contributed by atoms with Crippen LogP contribution in [-0.4, -0.2) is 31.7 Å². The summed E-state index contributed by atoms with van der Waals surface area (Å²) in [4.78, 5) is 12.6. The number of hydrogen-bond donors (Lipinski definition) is 1. The highest BCUT2D eigenvalue weighted by Crippen LogP contribution is 2.24. The predicted octanol–water partition coefficient (Wildman–Crippen LogP) is 4.08. The van der Waals surface area contributed by atoms with Crippen molar-refractivity contribution in [3.63, 3.8) is 0 Å². The van der Waals surface area contributed by atoms with Crippen LogP contribution in [0, 0.1) is 18.7 Å². The SMILES string of the molecule is Cc1cc(NC(=O)[C@H]2CCCN(S(=O)(=O)Cc3ccc(F)cc3)C2)ccc1Br. The van der Waals surface area contributed by atoms with E-state index in [0.29, 0.717) is 30.6 Å². The number of hydrogen-bond acceptors (Lipinski definition) is 3. The minimum Gasteiger partial charge on any atom is -0.326 e. The number of nitrogens with zero attached hydrogens (tertiary/aromatic N) is 1. The van der Waals surface area contributed by atoms with Crippen LogP contribution in [0.15, 0.2) is 46.9 Å². The van der Waals surface area contributed by atoms with Crippen molar-refractivity contribution in [2.24, 2.45) is 5.92 Å².